The number of hydrazone groups is 1. The van der Waals surface area contributed by atoms with Gasteiger partial charge in [-0.05, 0) is 24.8 Å². The Kier molecular flexibility index (Phi) is 5.15. The summed E-state index contributed by atoms with van der Waals surface area (Å²) in [6.45, 7) is 0.754. The van der Waals surface area contributed by atoms with Crippen LogP contribution in [-0.4, -0.2) is 32.7 Å². The molecule has 1 N–H and O–H groups in total. The van der Waals surface area contributed by atoms with Crippen molar-refractivity contribution >= 4 is 25.4 Å². The van der Waals surface area contributed by atoms with E-state index in [-0.39, 0.29) is 12.0 Å². The zero-order valence-electron chi connectivity index (χ0n) is 10.8. The third-order valence-corrected chi connectivity index (χ3v) is 3.00. The summed E-state index contributed by atoms with van der Waals surface area (Å²) in [6.07, 6.45) is 5.16. The highest BCUT2D eigenvalue weighted by Gasteiger charge is 2.17. The molecule has 1 aromatic rings. The minimum Gasteiger partial charge on any atom is -0.378 e. The highest BCUT2D eigenvalue weighted by atomic mass is 16.5. The number of nitrogens with zero attached hydrogens (tertiary/aromatic N) is 1. The first-order valence-electron chi connectivity index (χ1n) is 6.53. The Bertz CT molecular complexity index is 457. The number of ether oxygens (including phenoxy) is 1. The fourth-order valence-corrected chi connectivity index (χ4v) is 2.04. The molecule has 1 aliphatic rings. The first kappa shape index (κ1) is 13.8. The second-order valence-corrected chi connectivity index (χ2v) is 4.66. The van der Waals surface area contributed by atoms with Gasteiger partial charge in [-0.2, -0.15) is 5.10 Å². The molecule has 2 rings (SSSR count). The number of hydrogen-bond donors (Lipinski definition) is 1. The van der Waals surface area contributed by atoms with E-state index in [1.807, 2.05) is 12.1 Å². The van der Waals surface area contributed by atoms with E-state index in [4.69, 9.17) is 12.6 Å². The molecule has 2 radical (unpaired) electrons. The molecular formula is C14H17BN2O2. The lowest BCUT2D eigenvalue weighted by molar-refractivity contribution is -0.124. The van der Waals surface area contributed by atoms with Gasteiger partial charge in [0.1, 0.15) is 7.85 Å². The van der Waals surface area contributed by atoms with E-state index < -0.39 is 0 Å². The van der Waals surface area contributed by atoms with Crippen molar-refractivity contribution in [1.29, 1.82) is 0 Å². The lowest BCUT2D eigenvalue weighted by atomic mass is 9.95. The molecule has 5 heteroatoms. The van der Waals surface area contributed by atoms with E-state index in [9.17, 15) is 4.79 Å². The van der Waals surface area contributed by atoms with Crippen molar-refractivity contribution in [2.75, 3.05) is 6.61 Å². The van der Waals surface area contributed by atoms with Crippen molar-refractivity contribution in [3.05, 3.63) is 29.8 Å². The largest absolute Gasteiger partial charge is 0.378 e. The second-order valence-electron chi connectivity index (χ2n) is 4.66. The highest BCUT2D eigenvalue weighted by Crippen LogP contribution is 2.15. The van der Waals surface area contributed by atoms with E-state index in [1.165, 1.54) is 0 Å². The molecule has 0 aromatic heterocycles. The smallest absolute Gasteiger partial charge is 0.242 e. The summed E-state index contributed by atoms with van der Waals surface area (Å²) in [5, 5.41) is 3.91. The van der Waals surface area contributed by atoms with E-state index in [0.29, 0.717) is 11.9 Å². The third-order valence-electron chi connectivity index (χ3n) is 3.00. The van der Waals surface area contributed by atoms with Crippen LogP contribution in [0.15, 0.2) is 29.4 Å². The van der Waals surface area contributed by atoms with Gasteiger partial charge in [0.25, 0.3) is 0 Å². The summed E-state index contributed by atoms with van der Waals surface area (Å²) in [7, 11) is 5.65. The molecule has 1 aliphatic heterocycles. The van der Waals surface area contributed by atoms with Gasteiger partial charge in [0.05, 0.1) is 18.7 Å². The number of nitrogens with one attached hydrogen (secondary N) is 1. The number of hydrogen-bond acceptors (Lipinski definition) is 3. The molecule has 1 saturated heterocycles. The van der Waals surface area contributed by atoms with E-state index in [2.05, 4.69) is 10.5 Å². The summed E-state index contributed by atoms with van der Waals surface area (Å²) in [4.78, 5) is 11.6. The minimum atomic E-state index is -0.118. The zero-order valence-corrected chi connectivity index (χ0v) is 10.8. The normalized spacial score (nSPS) is 19.5. The van der Waals surface area contributed by atoms with Crippen molar-refractivity contribution < 1.29 is 9.53 Å². The maximum absolute atomic E-state index is 11.6. The van der Waals surface area contributed by atoms with Crippen LogP contribution in [0.1, 0.15) is 31.2 Å². The van der Waals surface area contributed by atoms with Gasteiger partial charge in [-0.3, -0.25) is 4.79 Å². The summed E-state index contributed by atoms with van der Waals surface area (Å²) in [5.41, 5.74) is 4.04. The Balaban J connectivity index is 1.76. The molecule has 0 spiro atoms. The van der Waals surface area contributed by atoms with Gasteiger partial charge < -0.3 is 4.74 Å². The maximum Gasteiger partial charge on any atom is 0.242 e. The molecule has 98 valence electrons. The van der Waals surface area contributed by atoms with Crippen molar-refractivity contribution in [3.8, 4) is 0 Å². The van der Waals surface area contributed by atoms with Crippen molar-refractivity contribution in [2.45, 2.75) is 31.8 Å². The first-order valence-corrected chi connectivity index (χ1v) is 6.53. The summed E-state index contributed by atoms with van der Waals surface area (Å²) in [5.74, 6) is -0.118. The Morgan fingerprint density at radius 1 is 1.53 bits per heavy atom. The number of benzene rings is 1. The van der Waals surface area contributed by atoms with Crippen LogP contribution in [0.2, 0.25) is 0 Å². The predicted octanol–water partition coefficient (Wildman–Crippen LogP) is 0.890. The topological polar surface area (TPSA) is 50.7 Å². The predicted molar refractivity (Wildman–Crippen MR) is 75.8 cm³/mol. The quantitative estimate of drug-likeness (QED) is 0.494. The molecule has 4 nitrogen and oxygen atoms in total. The maximum atomic E-state index is 11.6. The Labute approximate surface area is 114 Å². The lowest BCUT2D eigenvalue weighted by Crippen LogP contribution is -2.27. The highest BCUT2D eigenvalue weighted by molar-refractivity contribution is 6.32. The van der Waals surface area contributed by atoms with Crippen molar-refractivity contribution in [1.82, 2.24) is 5.43 Å². The van der Waals surface area contributed by atoms with Crippen LogP contribution in [0.5, 0.6) is 0 Å². The average Bonchev–Trinajstić information content (AvgIpc) is 2.40. The molecule has 19 heavy (non-hydrogen) atoms. The van der Waals surface area contributed by atoms with Crippen molar-refractivity contribution in [3.63, 3.8) is 0 Å². The van der Waals surface area contributed by atoms with E-state index in [1.54, 1.807) is 18.3 Å². The van der Waals surface area contributed by atoms with E-state index >= 15 is 0 Å². The molecule has 1 amide bonds. The summed E-state index contributed by atoms with van der Waals surface area (Å²) < 4.78 is 5.50. The van der Waals surface area contributed by atoms with Gasteiger partial charge in [0.15, 0.2) is 0 Å². The zero-order chi connectivity index (χ0) is 13.5. The van der Waals surface area contributed by atoms with Crippen LogP contribution >= 0.6 is 0 Å². The number of amides is 1. The Morgan fingerprint density at radius 3 is 3.16 bits per heavy atom. The molecule has 1 unspecified atom stereocenters. The molecule has 0 aliphatic carbocycles. The SMILES string of the molecule is [B]c1cccc(/C=N/NC(=O)CC2CCCCO2)c1. The van der Waals surface area contributed by atoms with Crippen LogP contribution < -0.4 is 10.9 Å². The Morgan fingerprint density at radius 2 is 2.42 bits per heavy atom. The number of carbonyl (C=O) groups is 1. The number of rotatable bonds is 4. The fraction of sp³-hybridized carbons (Fsp3) is 0.429. The van der Waals surface area contributed by atoms with Crippen LogP contribution in [0.25, 0.3) is 0 Å². The monoisotopic (exact) mass is 256 g/mol. The molecule has 1 atom stereocenters. The van der Waals surface area contributed by atoms with Crippen LogP contribution in [-0.2, 0) is 9.53 Å². The minimum absolute atomic E-state index is 0.0383. The van der Waals surface area contributed by atoms with Crippen LogP contribution in [0, 0.1) is 0 Å². The molecular weight excluding hydrogens is 239 g/mol. The fourth-order valence-electron chi connectivity index (χ4n) is 2.04. The molecule has 1 aromatic carbocycles. The average molecular weight is 256 g/mol. The van der Waals surface area contributed by atoms with Gasteiger partial charge in [-0.15, -0.1) is 0 Å². The third kappa shape index (κ3) is 4.87. The number of carbonyl (C=O) groups excluding carboxylic acids is 1. The van der Waals surface area contributed by atoms with Crippen LogP contribution in [0.3, 0.4) is 0 Å². The Hall–Kier alpha value is -1.62. The standard InChI is InChI=1S/C14H17BN2O2/c15-12-5-3-4-11(8-12)10-16-17-14(18)9-13-6-1-2-7-19-13/h3-5,8,10,13H,1-2,6-7,9H2,(H,17,18)/b16-10+. The molecule has 1 fully saturated rings. The molecule has 1 heterocycles. The first-order chi connectivity index (χ1) is 9.24. The van der Waals surface area contributed by atoms with Crippen molar-refractivity contribution in [2.24, 2.45) is 5.10 Å². The second kappa shape index (κ2) is 7.09. The summed E-state index contributed by atoms with van der Waals surface area (Å²) >= 11 is 0. The van der Waals surface area contributed by atoms with Gasteiger partial charge >= 0.3 is 0 Å². The van der Waals surface area contributed by atoms with Crippen LogP contribution in [0.4, 0.5) is 0 Å². The van der Waals surface area contributed by atoms with Gasteiger partial charge in [0, 0.05) is 6.61 Å². The van der Waals surface area contributed by atoms with Gasteiger partial charge in [-0.1, -0.05) is 29.7 Å². The van der Waals surface area contributed by atoms with E-state index in [0.717, 1.165) is 31.4 Å². The summed E-state index contributed by atoms with van der Waals surface area (Å²) in [6, 6.07) is 7.31. The van der Waals surface area contributed by atoms with Gasteiger partial charge in [-0.25, -0.2) is 5.43 Å². The molecule has 0 bridgehead atoms. The lowest BCUT2D eigenvalue weighted by Gasteiger charge is -2.21. The molecule has 0 saturated carbocycles. The van der Waals surface area contributed by atoms with Gasteiger partial charge in [0.2, 0.25) is 5.91 Å².